The van der Waals surface area contributed by atoms with Crippen LogP contribution in [0.2, 0.25) is 0 Å². The molecule has 0 aliphatic rings. The molecule has 0 saturated heterocycles. The maximum Gasteiger partial charge on any atom is 0.320 e. The molecule has 1 N–H and O–H groups in total. The van der Waals surface area contributed by atoms with Gasteiger partial charge in [-0.2, -0.15) is 0 Å². The molecule has 19 heavy (non-hydrogen) atoms. The quantitative estimate of drug-likeness (QED) is 0.867. The van der Waals surface area contributed by atoms with E-state index in [2.05, 4.69) is 15.9 Å². The van der Waals surface area contributed by atoms with Gasteiger partial charge in [0.15, 0.2) is 0 Å². The molecular weight excluding hydrogens is 314 g/mol. The van der Waals surface area contributed by atoms with Gasteiger partial charge in [-0.05, 0) is 42.0 Å². The second kappa shape index (κ2) is 6.77. The minimum absolute atomic E-state index is 0.459. The van der Waals surface area contributed by atoms with Gasteiger partial charge in [0, 0.05) is 12.1 Å². The van der Waals surface area contributed by atoms with Gasteiger partial charge in [0.05, 0.1) is 18.7 Å². The average molecular weight is 332 g/mol. The molecule has 0 heterocycles. The number of aliphatic carboxylic acids is 1. The summed E-state index contributed by atoms with van der Waals surface area (Å²) in [5.74, 6) is 0.523. The molecule has 0 saturated carbocycles. The lowest BCUT2D eigenvalue weighted by Gasteiger charge is -2.22. The van der Waals surface area contributed by atoms with E-state index < -0.39 is 12.0 Å². The number of rotatable bonds is 6. The maximum atomic E-state index is 11.0. The molecule has 0 bridgehead atoms. The van der Waals surface area contributed by atoms with Crippen LogP contribution >= 0.6 is 15.9 Å². The van der Waals surface area contributed by atoms with Gasteiger partial charge in [-0.1, -0.05) is 0 Å². The summed E-state index contributed by atoms with van der Waals surface area (Å²) in [4.78, 5) is 12.7. The highest BCUT2D eigenvalue weighted by Gasteiger charge is 2.19. The fourth-order valence-corrected chi connectivity index (χ4v) is 2.13. The van der Waals surface area contributed by atoms with E-state index >= 15 is 0 Å². The van der Waals surface area contributed by atoms with Crippen molar-refractivity contribution in [1.82, 2.24) is 4.90 Å². The van der Waals surface area contributed by atoms with Crippen LogP contribution in [0, 0.1) is 0 Å². The summed E-state index contributed by atoms with van der Waals surface area (Å²) in [5.41, 5.74) is 0.873. The molecule has 0 radical (unpaired) electrons. The van der Waals surface area contributed by atoms with E-state index in [1.54, 1.807) is 33.1 Å². The fourth-order valence-electron chi connectivity index (χ4n) is 1.64. The number of carbonyl (C=O) groups is 1. The Morgan fingerprint density at radius 1 is 1.37 bits per heavy atom. The average Bonchev–Trinajstić information content (AvgIpc) is 2.38. The molecule has 0 aromatic heterocycles. The van der Waals surface area contributed by atoms with Crippen LogP contribution in [-0.4, -0.2) is 43.3 Å². The molecule has 5 nitrogen and oxygen atoms in total. The van der Waals surface area contributed by atoms with Gasteiger partial charge >= 0.3 is 5.97 Å². The lowest BCUT2D eigenvalue weighted by Crippen LogP contribution is -2.35. The zero-order valence-corrected chi connectivity index (χ0v) is 13.0. The first-order valence-electron chi connectivity index (χ1n) is 5.74. The second-order valence-electron chi connectivity index (χ2n) is 4.23. The standard InChI is InChI=1S/C13H18BrNO4/c1-8(13(16)17)15(2)7-9-5-12(19-4)10(14)6-11(9)18-3/h5-6,8H,7H2,1-4H3,(H,16,17). The summed E-state index contributed by atoms with van der Waals surface area (Å²) < 4.78 is 11.3. The van der Waals surface area contributed by atoms with E-state index in [1.807, 2.05) is 12.1 Å². The normalized spacial score (nSPS) is 12.3. The number of carboxylic acid groups (broad SMARTS) is 1. The number of methoxy groups -OCH3 is 2. The van der Waals surface area contributed by atoms with Crippen molar-refractivity contribution in [2.24, 2.45) is 0 Å². The van der Waals surface area contributed by atoms with Crippen LogP contribution in [0.1, 0.15) is 12.5 Å². The number of hydrogen-bond donors (Lipinski definition) is 1. The van der Waals surface area contributed by atoms with Crippen LogP contribution < -0.4 is 9.47 Å². The molecule has 106 valence electrons. The largest absolute Gasteiger partial charge is 0.496 e. The molecule has 1 aromatic rings. The topological polar surface area (TPSA) is 59.0 Å². The first kappa shape index (κ1) is 15.8. The molecule has 1 aromatic carbocycles. The number of likely N-dealkylation sites (N-methyl/N-ethyl adjacent to an activating group) is 1. The Hall–Kier alpha value is -1.27. The van der Waals surface area contributed by atoms with Gasteiger partial charge in [0.2, 0.25) is 0 Å². The highest BCUT2D eigenvalue weighted by atomic mass is 79.9. The highest BCUT2D eigenvalue weighted by molar-refractivity contribution is 9.10. The Balaban J connectivity index is 3.02. The minimum atomic E-state index is -0.856. The molecular formula is C13H18BrNO4. The second-order valence-corrected chi connectivity index (χ2v) is 5.08. The molecule has 1 atom stereocenters. The van der Waals surface area contributed by atoms with Crippen LogP contribution in [0.15, 0.2) is 16.6 Å². The van der Waals surface area contributed by atoms with E-state index in [4.69, 9.17) is 14.6 Å². The van der Waals surface area contributed by atoms with Gasteiger partial charge in [-0.25, -0.2) is 0 Å². The number of hydrogen-bond acceptors (Lipinski definition) is 4. The van der Waals surface area contributed by atoms with E-state index in [-0.39, 0.29) is 0 Å². The van der Waals surface area contributed by atoms with Crippen LogP contribution in [-0.2, 0) is 11.3 Å². The SMILES string of the molecule is COc1cc(CN(C)C(C)C(=O)O)c(OC)cc1Br. The lowest BCUT2D eigenvalue weighted by molar-refractivity contribution is -0.142. The van der Waals surface area contributed by atoms with Crippen LogP contribution in [0.3, 0.4) is 0 Å². The molecule has 0 fully saturated rings. The molecule has 1 rings (SSSR count). The van der Waals surface area contributed by atoms with Crippen LogP contribution in [0.25, 0.3) is 0 Å². The smallest absolute Gasteiger partial charge is 0.320 e. The Bertz CT molecular complexity index is 464. The summed E-state index contributed by atoms with van der Waals surface area (Å²) >= 11 is 3.39. The van der Waals surface area contributed by atoms with E-state index in [0.717, 1.165) is 10.0 Å². The highest BCUT2D eigenvalue weighted by Crippen LogP contribution is 2.33. The summed E-state index contributed by atoms with van der Waals surface area (Å²) in [6.07, 6.45) is 0. The molecule has 0 amide bonds. The van der Waals surface area contributed by atoms with Crippen molar-refractivity contribution in [1.29, 1.82) is 0 Å². The van der Waals surface area contributed by atoms with Crippen LogP contribution in [0.5, 0.6) is 11.5 Å². The zero-order chi connectivity index (χ0) is 14.6. The van der Waals surface area contributed by atoms with Crippen molar-refractivity contribution in [3.63, 3.8) is 0 Å². The van der Waals surface area contributed by atoms with Crippen molar-refractivity contribution in [2.45, 2.75) is 19.5 Å². The predicted molar refractivity (Wildman–Crippen MR) is 75.8 cm³/mol. The van der Waals surface area contributed by atoms with Gasteiger partial charge < -0.3 is 14.6 Å². The third-order valence-electron chi connectivity index (χ3n) is 2.99. The van der Waals surface area contributed by atoms with Gasteiger partial charge in [0.25, 0.3) is 0 Å². The van der Waals surface area contributed by atoms with Gasteiger partial charge in [-0.15, -0.1) is 0 Å². The summed E-state index contributed by atoms with van der Waals surface area (Å²) in [6.45, 7) is 2.10. The monoisotopic (exact) mass is 331 g/mol. The number of ether oxygens (including phenoxy) is 2. The third-order valence-corrected chi connectivity index (χ3v) is 3.61. The molecule has 0 spiro atoms. The first-order chi connectivity index (χ1) is 8.90. The summed E-state index contributed by atoms with van der Waals surface area (Å²) in [6, 6.07) is 3.08. The molecule has 6 heteroatoms. The summed E-state index contributed by atoms with van der Waals surface area (Å²) in [5, 5.41) is 9.00. The van der Waals surface area contributed by atoms with Crippen molar-refractivity contribution in [2.75, 3.05) is 21.3 Å². The maximum absolute atomic E-state index is 11.0. The lowest BCUT2D eigenvalue weighted by atomic mass is 10.1. The van der Waals surface area contributed by atoms with Crippen molar-refractivity contribution >= 4 is 21.9 Å². The number of halogens is 1. The molecule has 1 unspecified atom stereocenters. The number of carboxylic acids is 1. The summed E-state index contributed by atoms with van der Waals surface area (Å²) in [7, 11) is 4.92. The molecule has 0 aliphatic carbocycles. The number of nitrogens with zero attached hydrogens (tertiary/aromatic N) is 1. The Morgan fingerprint density at radius 3 is 2.42 bits per heavy atom. The third kappa shape index (κ3) is 3.84. The van der Waals surface area contributed by atoms with E-state index in [1.165, 1.54) is 0 Å². The first-order valence-corrected chi connectivity index (χ1v) is 6.53. The fraction of sp³-hybridized carbons (Fsp3) is 0.462. The zero-order valence-electron chi connectivity index (χ0n) is 11.4. The Labute approximate surface area is 121 Å². The predicted octanol–water partition coefficient (Wildman–Crippen LogP) is 2.37. The van der Waals surface area contributed by atoms with Crippen molar-refractivity contribution in [3.05, 3.63) is 22.2 Å². The Kier molecular flexibility index (Phi) is 5.62. The van der Waals surface area contributed by atoms with Crippen molar-refractivity contribution in [3.8, 4) is 11.5 Å². The van der Waals surface area contributed by atoms with Gasteiger partial charge in [-0.3, -0.25) is 9.69 Å². The van der Waals surface area contributed by atoms with E-state index in [9.17, 15) is 4.79 Å². The minimum Gasteiger partial charge on any atom is -0.496 e. The van der Waals surface area contributed by atoms with E-state index in [0.29, 0.717) is 18.0 Å². The van der Waals surface area contributed by atoms with Crippen molar-refractivity contribution < 1.29 is 19.4 Å². The van der Waals surface area contributed by atoms with Gasteiger partial charge in [0.1, 0.15) is 17.5 Å². The Morgan fingerprint density at radius 2 is 1.95 bits per heavy atom. The van der Waals surface area contributed by atoms with Crippen LogP contribution in [0.4, 0.5) is 0 Å². The molecule has 0 aliphatic heterocycles. The number of benzene rings is 1.